The second-order valence-corrected chi connectivity index (χ2v) is 7.10. The maximum Gasteiger partial charge on any atom is 0.244 e. The molecule has 0 aliphatic carbocycles. The van der Waals surface area contributed by atoms with E-state index in [4.69, 9.17) is 4.74 Å². The quantitative estimate of drug-likeness (QED) is 0.780. The highest BCUT2D eigenvalue weighted by Gasteiger charge is 2.26. The van der Waals surface area contributed by atoms with Crippen LogP contribution in [0.3, 0.4) is 0 Å². The first-order chi connectivity index (χ1) is 9.04. The van der Waals surface area contributed by atoms with Gasteiger partial charge in [-0.05, 0) is 34.0 Å². The van der Waals surface area contributed by atoms with Gasteiger partial charge >= 0.3 is 0 Å². The fraction of sp³-hybridized carbons (Fsp3) is 0.417. The summed E-state index contributed by atoms with van der Waals surface area (Å²) in [5, 5.41) is 0. The maximum atomic E-state index is 12.4. The van der Waals surface area contributed by atoms with E-state index in [2.05, 4.69) is 20.9 Å². The fourth-order valence-electron chi connectivity index (χ4n) is 1.91. The van der Waals surface area contributed by atoms with E-state index in [1.54, 1.807) is 19.4 Å². The molecule has 1 aromatic rings. The van der Waals surface area contributed by atoms with Gasteiger partial charge in [-0.1, -0.05) is 6.08 Å². The van der Waals surface area contributed by atoms with Gasteiger partial charge in [-0.2, -0.15) is 4.31 Å². The van der Waals surface area contributed by atoms with Gasteiger partial charge in [0.25, 0.3) is 0 Å². The largest absolute Gasteiger partial charge is 0.380 e. The van der Waals surface area contributed by atoms with E-state index in [-0.39, 0.29) is 4.90 Å². The average molecular weight is 347 g/mol. The molecule has 104 valence electrons. The lowest BCUT2D eigenvalue weighted by atomic mass is 10.1. The van der Waals surface area contributed by atoms with E-state index < -0.39 is 10.0 Å². The summed E-state index contributed by atoms with van der Waals surface area (Å²) in [6, 6.07) is 1.57. The van der Waals surface area contributed by atoms with E-state index in [9.17, 15) is 8.42 Å². The number of nitrogens with zero attached hydrogens (tertiary/aromatic N) is 2. The maximum absolute atomic E-state index is 12.4. The van der Waals surface area contributed by atoms with Crippen molar-refractivity contribution >= 4 is 26.0 Å². The Bertz CT molecular complexity index is 586. The minimum atomic E-state index is -3.47. The highest BCUT2D eigenvalue weighted by molar-refractivity contribution is 9.10. The van der Waals surface area contributed by atoms with Crippen molar-refractivity contribution in [2.45, 2.75) is 11.3 Å². The van der Waals surface area contributed by atoms with E-state index in [0.717, 1.165) is 5.57 Å². The zero-order chi connectivity index (χ0) is 13.9. The summed E-state index contributed by atoms with van der Waals surface area (Å²) in [6.45, 7) is 1.42. The lowest BCUT2D eigenvalue weighted by molar-refractivity contribution is 0.219. The van der Waals surface area contributed by atoms with Crippen LogP contribution in [0.5, 0.6) is 0 Å². The van der Waals surface area contributed by atoms with Crippen LogP contribution in [0.4, 0.5) is 0 Å². The molecule has 0 N–H and O–H groups in total. The van der Waals surface area contributed by atoms with Crippen LogP contribution in [0.25, 0.3) is 0 Å². The van der Waals surface area contributed by atoms with Crippen molar-refractivity contribution < 1.29 is 13.2 Å². The van der Waals surface area contributed by atoms with Crippen LogP contribution in [-0.4, -0.2) is 44.5 Å². The summed E-state index contributed by atoms with van der Waals surface area (Å²) >= 11 is 3.23. The van der Waals surface area contributed by atoms with Gasteiger partial charge in [0.1, 0.15) is 4.90 Å². The molecule has 2 rings (SSSR count). The Hall–Kier alpha value is -0.760. The molecule has 0 saturated carbocycles. The predicted molar refractivity (Wildman–Crippen MR) is 75.3 cm³/mol. The Kier molecular flexibility index (Phi) is 4.72. The molecule has 19 heavy (non-hydrogen) atoms. The van der Waals surface area contributed by atoms with Crippen molar-refractivity contribution in [3.8, 4) is 0 Å². The normalized spacial score (nSPS) is 17.3. The molecule has 2 heterocycles. The second kappa shape index (κ2) is 6.13. The summed E-state index contributed by atoms with van der Waals surface area (Å²) in [6.07, 6.45) is 5.55. The van der Waals surface area contributed by atoms with Crippen molar-refractivity contribution in [1.29, 1.82) is 0 Å². The number of hydrogen-bond donors (Lipinski definition) is 0. The van der Waals surface area contributed by atoms with Crippen LogP contribution in [0.15, 0.2) is 39.5 Å². The Labute approximate surface area is 121 Å². The van der Waals surface area contributed by atoms with E-state index in [1.165, 1.54) is 10.5 Å². The van der Waals surface area contributed by atoms with Crippen molar-refractivity contribution in [3.05, 3.63) is 34.6 Å². The summed E-state index contributed by atoms with van der Waals surface area (Å²) in [5.41, 5.74) is 1.14. The highest BCUT2D eigenvalue weighted by Crippen LogP contribution is 2.22. The first-order valence-electron chi connectivity index (χ1n) is 5.81. The van der Waals surface area contributed by atoms with Crippen molar-refractivity contribution in [2.75, 3.05) is 26.8 Å². The van der Waals surface area contributed by atoms with Crippen LogP contribution in [-0.2, 0) is 14.8 Å². The van der Waals surface area contributed by atoms with Gasteiger partial charge in [-0.25, -0.2) is 8.42 Å². The van der Waals surface area contributed by atoms with Gasteiger partial charge in [0, 0.05) is 37.1 Å². The number of rotatable bonds is 4. The van der Waals surface area contributed by atoms with Crippen LogP contribution in [0.2, 0.25) is 0 Å². The van der Waals surface area contributed by atoms with Crippen LogP contribution in [0, 0.1) is 0 Å². The summed E-state index contributed by atoms with van der Waals surface area (Å²) in [7, 11) is -1.83. The molecule has 1 aromatic heterocycles. The van der Waals surface area contributed by atoms with E-state index >= 15 is 0 Å². The van der Waals surface area contributed by atoms with E-state index in [1.807, 2.05) is 6.08 Å². The molecule has 0 amide bonds. The third kappa shape index (κ3) is 3.42. The van der Waals surface area contributed by atoms with Gasteiger partial charge in [0.2, 0.25) is 10.0 Å². The number of hydrogen-bond acceptors (Lipinski definition) is 4. The topological polar surface area (TPSA) is 59.5 Å². The van der Waals surface area contributed by atoms with Crippen molar-refractivity contribution in [1.82, 2.24) is 9.29 Å². The SMILES string of the molecule is COCC1=CCN(S(=O)(=O)c2cncc(Br)c2)CC1. The average Bonchev–Trinajstić information content (AvgIpc) is 2.40. The second-order valence-electron chi connectivity index (χ2n) is 4.25. The van der Waals surface area contributed by atoms with E-state index in [0.29, 0.717) is 30.6 Å². The van der Waals surface area contributed by atoms with Gasteiger partial charge in [-0.3, -0.25) is 4.98 Å². The number of halogens is 1. The Morgan fingerprint density at radius 2 is 2.26 bits per heavy atom. The first kappa shape index (κ1) is 14.6. The Morgan fingerprint density at radius 1 is 1.47 bits per heavy atom. The van der Waals surface area contributed by atoms with Crippen LogP contribution in [0.1, 0.15) is 6.42 Å². The molecule has 0 saturated heterocycles. The molecule has 1 aliphatic rings. The molecule has 0 fully saturated rings. The zero-order valence-corrected chi connectivity index (χ0v) is 12.9. The lowest BCUT2D eigenvalue weighted by Crippen LogP contribution is -2.35. The molecular weight excluding hydrogens is 332 g/mol. The molecule has 0 spiro atoms. The molecule has 5 nitrogen and oxygen atoms in total. The third-order valence-corrected chi connectivity index (χ3v) is 5.18. The number of pyridine rings is 1. The smallest absolute Gasteiger partial charge is 0.244 e. The molecule has 7 heteroatoms. The fourth-order valence-corrected chi connectivity index (χ4v) is 3.80. The molecular formula is C12H15BrN2O3S. The molecule has 0 atom stereocenters. The molecule has 1 aliphatic heterocycles. The summed E-state index contributed by atoms with van der Waals surface area (Å²) in [4.78, 5) is 4.11. The van der Waals surface area contributed by atoms with Gasteiger partial charge in [-0.15, -0.1) is 0 Å². The van der Waals surface area contributed by atoms with Crippen LogP contribution < -0.4 is 0 Å². The molecule has 0 unspecified atom stereocenters. The van der Waals surface area contributed by atoms with Gasteiger partial charge in [0.15, 0.2) is 0 Å². The van der Waals surface area contributed by atoms with Crippen molar-refractivity contribution in [2.24, 2.45) is 0 Å². The van der Waals surface area contributed by atoms with Gasteiger partial charge in [0.05, 0.1) is 6.61 Å². The van der Waals surface area contributed by atoms with Crippen LogP contribution >= 0.6 is 15.9 Å². The minimum absolute atomic E-state index is 0.213. The van der Waals surface area contributed by atoms with Crippen molar-refractivity contribution in [3.63, 3.8) is 0 Å². The molecule has 0 bridgehead atoms. The Balaban J connectivity index is 2.18. The Morgan fingerprint density at radius 3 is 2.84 bits per heavy atom. The number of methoxy groups -OCH3 is 1. The first-order valence-corrected chi connectivity index (χ1v) is 8.05. The number of sulfonamides is 1. The predicted octanol–water partition coefficient (Wildman–Crippen LogP) is 1.81. The minimum Gasteiger partial charge on any atom is -0.380 e. The summed E-state index contributed by atoms with van der Waals surface area (Å²) in [5.74, 6) is 0. The number of aromatic nitrogens is 1. The number of ether oxygens (including phenoxy) is 1. The van der Waals surface area contributed by atoms with Gasteiger partial charge < -0.3 is 4.74 Å². The molecule has 0 aromatic carbocycles. The highest BCUT2D eigenvalue weighted by atomic mass is 79.9. The standard InChI is InChI=1S/C12H15BrN2O3S/c1-18-9-10-2-4-15(5-3-10)19(16,17)12-6-11(13)7-14-8-12/h2,6-8H,3-5,9H2,1H3. The summed E-state index contributed by atoms with van der Waals surface area (Å²) < 4.78 is 32.0. The third-order valence-electron chi connectivity index (χ3n) is 2.91. The monoisotopic (exact) mass is 346 g/mol. The zero-order valence-electron chi connectivity index (χ0n) is 10.5. The molecule has 0 radical (unpaired) electrons. The lowest BCUT2D eigenvalue weighted by Gasteiger charge is -2.25.